The van der Waals surface area contributed by atoms with Crippen molar-refractivity contribution in [3.05, 3.63) is 28.8 Å². The van der Waals surface area contributed by atoms with Crippen LogP contribution in [0.1, 0.15) is 42.5 Å². The zero-order valence-corrected chi connectivity index (χ0v) is 12.1. The van der Waals surface area contributed by atoms with Crippen LogP contribution in [0.5, 0.6) is 0 Å². The first-order valence-corrected chi connectivity index (χ1v) is 7.32. The molecule has 1 saturated carbocycles. The molecule has 110 valence electrons. The van der Waals surface area contributed by atoms with Gasteiger partial charge < -0.3 is 15.5 Å². The maximum atomic E-state index is 10.9. The number of carbonyl (C=O) groups is 1. The highest BCUT2D eigenvalue weighted by Crippen LogP contribution is 2.36. The van der Waals surface area contributed by atoms with E-state index in [1.165, 1.54) is 12.5 Å². The minimum atomic E-state index is -1.03. The molecule has 0 spiro atoms. The fourth-order valence-electron chi connectivity index (χ4n) is 2.78. The Balaban J connectivity index is 2.03. The van der Waals surface area contributed by atoms with Crippen LogP contribution in [-0.4, -0.2) is 29.3 Å². The number of hydrogen-bond acceptors (Lipinski definition) is 3. The molecule has 1 aromatic carbocycles. The molecule has 0 aliphatic heterocycles. The Morgan fingerprint density at radius 1 is 1.30 bits per heavy atom. The topological polar surface area (TPSA) is 69.6 Å². The van der Waals surface area contributed by atoms with E-state index in [9.17, 15) is 9.90 Å². The Bertz CT molecular complexity index is 484. The van der Waals surface area contributed by atoms with E-state index >= 15 is 0 Å². The van der Waals surface area contributed by atoms with Gasteiger partial charge in [0.1, 0.15) is 0 Å². The summed E-state index contributed by atoms with van der Waals surface area (Å²) in [5.74, 6) is -1.03. The number of aliphatic hydroxyl groups is 1. The highest BCUT2D eigenvalue weighted by Gasteiger charge is 2.31. The molecule has 0 aromatic heterocycles. The molecule has 0 bridgehead atoms. The molecule has 0 atom stereocenters. The van der Waals surface area contributed by atoms with Crippen molar-refractivity contribution in [2.24, 2.45) is 5.41 Å². The zero-order valence-electron chi connectivity index (χ0n) is 11.4. The first-order chi connectivity index (χ1) is 9.56. The fourth-order valence-corrected chi connectivity index (χ4v) is 3.04. The minimum Gasteiger partial charge on any atom is -0.478 e. The molecule has 0 radical (unpaired) electrons. The van der Waals surface area contributed by atoms with E-state index < -0.39 is 5.97 Å². The van der Waals surface area contributed by atoms with Gasteiger partial charge in [-0.05, 0) is 31.0 Å². The second-order valence-corrected chi connectivity index (χ2v) is 5.98. The number of benzene rings is 1. The first-order valence-electron chi connectivity index (χ1n) is 6.94. The molecular formula is C15H20ClNO3. The van der Waals surface area contributed by atoms with Gasteiger partial charge in [-0.1, -0.05) is 30.9 Å². The largest absolute Gasteiger partial charge is 0.478 e. The number of rotatable bonds is 5. The molecule has 1 aliphatic rings. The fraction of sp³-hybridized carbons (Fsp3) is 0.533. The summed E-state index contributed by atoms with van der Waals surface area (Å²) in [6.45, 7) is 0.868. The number of carboxylic acid groups (broad SMARTS) is 1. The van der Waals surface area contributed by atoms with Gasteiger partial charge >= 0.3 is 5.97 Å². The van der Waals surface area contributed by atoms with Crippen LogP contribution in [-0.2, 0) is 0 Å². The van der Waals surface area contributed by atoms with Crippen LogP contribution in [0, 0.1) is 5.41 Å². The smallest absolute Gasteiger partial charge is 0.337 e. The van der Waals surface area contributed by atoms with Gasteiger partial charge in [0.25, 0.3) is 0 Å². The summed E-state index contributed by atoms with van der Waals surface area (Å²) in [7, 11) is 0. The van der Waals surface area contributed by atoms with Gasteiger partial charge in [-0.2, -0.15) is 0 Å². The van der Waals surface area contributed by atoms with Gasteiger partial charge in [0.15, 0.2) is 0 Å². The predicted molar refractivity (Wildman–Crippen MR) is 79.5 cm³/mol. The Kier molecular flexibility index (Phi) is 4.89. The lowest BCUT2D eigenvalue weighted by atomic mass is 9.74. The molecule has 3 N–H and O–H groups in total. The van der Waals surface area contributed by atoms with Crippen LogP contribution in [0.4, 0.5) is 5.69 Å². The molecule has 0 saturated heterocycles. The van der Waals surface area contributed by atoms with Crippen molar-refractivity contribution in [3.63, 3.8) is 0 Å². The van der Waals surface area contributed by atoms with Gasteiger partial charge in [-0.25, -0.2) is 4.79 Å². The van der Waals surface area contributed by atoms with E-state index in [1.807, 2.05) is 0 Å². The van der Waals surface area contributed by atoms with Gasteiger partial charge in [0, 0.05) is 17.6 Å². The highest BCUT2D eigenvalue weighted by molar-refractivity contribution is 6.33. The summed E-state index contributed by atoms with van der Waals surface area (Å²) in [4.78, 5) is 10.9. The molecule has 4 nitrogen and oxygen atoms in total. The van der Waals surface area contributed by atoms with Gasteiger partial charge in [-0.15, -0.1) is 0 Å². The average molecular weight is 298 g/mol. The second kappa shape index (κ2) is 6.46. The molecular weight excluding hydrogens is 278 g/mol. The molecule has 0 amide bonds. The molecule has 2 rings (SSSR count). The summed E-state index contributed by atoms with van der Waals surface area (Å²) in [5.41, 5.74) is 0.834. The number of carboxylic acids is 1. The molecule has 1 fully saturated rings. The number of halogens is 1. The van der Waals surface area contributed by atoms with E-state index in [0.717, 1.165) is 31.4 Å². The van der Waals surface area contributed by atoms with Crippen molar-refractivity contribution < 1.29 is 15.0 Å². The predicted octanol–water partition coefficient (Wildman–Crippen LogP) is 3.39. The number of anilines is 1. The Hall–Kier alpha value is -1.26. The summed E-state index contributed by atoms with van der Waals surface area (Å²) in [5, 5.41) is 22.1. The summed E-state index contributed by atoms with van der Waals surface area (Å²) < 4.78 is 0. The third-order valence-corrected chi connectivity index (χ3v) is 4.43. The lowest BCUT2D eigenvalue weighted by molar-refractivity contribution is 0.0697. The number of hydrogen-bond donors (Lipinski definition) is 3. The van der Waals surface area contributed by atoms with Crippen molar-refractivity contribution in [2.75, 3.05) is 18.5 Å². The van der Waals surface area contributed by atoms with Crippen LogP contribution in [0.3, 0.4) is 0 Å². The summed E-state index contributed by atoms with van der Waals surface area (Å²) in [6, 6.07) is 4.83. The monoisotopic (exact) mass is 297 g/mol. The minimum absolute atomic E-state index is 0.0593. The zero-order chi connectivity index (χ0) is 14.6. The Labute approximate surface area is 123 Å². The van der Waals surface area contributed by atoms with E-state index in [1.54, 1.807) is 12.1 Å². The van der Waals surface area contributed by atoms with Gasteiger partial charge in [0.2, 0.25) is 0 Å². The van der Waals surface area contributed by atoms with E-state index in [2.05, 4.69) is 5.32 Å². The van der Waals surface area contributed by atoms with E-state index in [4.69, 9.17) is 16.7 Å². The van der Waals surface area contributed by atoms with Crippen molar-refractivity contribution in [1.29, 1.82) is 0 Å². The van der Waals surface area contributed by atoms with Crippen molar-refractivity contribution in [1.82, 2.24) is 0 Å². The Morgan fingerprint density at radius 2 is 2.00 bits per heavy atom. The number of aromatic carboxylic acids is 1. The van der Waals surface area contributed by atoms with Gasteiger partial charge in [0.05, 0.1) is 17.2 Å². The van der Waals surface area contributed by atoms with Crippen LogP contribution in [0.25, 0.3) is 0 Å². The number of aliphatic hydroxyl groups excluding tert-OH is 1. The van der Waals surface area contributed by atoms with Crippen LogP contribution >= 0.6 is 11.6 Å². The number of nitrogens with one attached hydrogen (secondary N) is 1. The molecule has 5 heteroatoms. The average Bonchev–Trinajstić information content (AvgIpc) is 2.46. The van der Waals surface area contributed by atoms with Crippen LogP contribution in [0.15, 0.2) is 18.2 Å². The normalized spacial score (nSPS) is 17.7. The van der Waals surface area contributed by atoms with Gasteiger partial charge in [-0.3, -0.25) is 0 Å². The van der Waals surface area contributed by atoms with Crippen molar-refractivity contribution in [3.8, 4) is 0 Å². The standard InChI is InChI=1S/C15H20ClNO3/c16-13-8-11(4-5-12(13)14(19)20)17-9-15(10-18)6-2-1-3-7-15/h4-5,8,17-18H,1-3,6-7,9-10H2,(H,19,20). The third-order valence-electron chi connectivity index (χ3n) is 4.12. The maximum absolute atomic E-state index is 10.9. The lowest BCUT2D eigenvalue weighted by Crippen LogP contribution is -2.35. The second-order valence-electron chi connectivity index (χ2n) is 5.57. The third kappa shape index (κ3) is 3.44. The molecule has 1 aliphatic carbocycles. The molecule has 0 unspecified atom stereocenters. The Morgan fingerprint density at radius 3 is 2.55 bits per heavy atom. The van der Waals surface area contributed by atoms with Crippen molar-refractivity contribution in [2.45, 2.75) is 32.1 Å². The van der Waals surface area contributed by atoms with E-state index in [-0.39, 0.29) is 22.6 Å². The molecule has 1 aromatic rings. The van der Waals surface area contributed by atoms with E-state index in [0.29, 0.717) is 6.54 Å². The first kappa shape index (κ1) is 15.1. The van der Waals surface area contributed by atoms with Crippen LogP contribution in [0.2, 0.25) is 5.02 Å². The molecule has 20 heavy (non-hydrogen) atoms. The maximum Gasteiger partial charge on any atom is 0.337 e. The molecule has 0 heterocycles. The van der Waals surface area contributed by atoms with Crippen molar-refractivity contribution >= 4 is 23.3 Å². The summed E-state index contributed by atoms with van der Waals surface area (Å²) >= 11 is 5.94. The highest BCUT2D eigenvalue weighted by atomic mass is 35.5. The quantitative estimate of drug-likeness (QED) is 0.779. The van der Waals surface area contributed by atoms with Crippen LogP contribution < -0.4 is 5.32 Å². The summed E-state index contributed by atoms with van der Waals surface area (Å²) in [6.07, 6.45) is 5.59. The lowest BCUT2D eigenvalue weighted by Gasteiger charge is -2.36. The SMILES string of the molecule is O=C(O)c1ccc(NCC2(CO)CCCCC2)cc1Cl.